The molecule has 0 aliphatic heterocycles. The summed E-state index contributed by atoms with van der Waals surface area (Å²) >= 11 is 1.29. The van der Waals surface area contributed by atoms with Crippen molar-refractivity contribution in [3.8, 4) is 6.07 Å². The highest BCUT2D eigenvalue weighted by Crippen LogP contribution is 2.20. The maximum atomic E-state index is 12.0. The second-order valence-electron chi connectivity index (χ2n) is 3.97. The quantitative estimate of drug-likeness (QED) is 0.689. The smallest absolute Gasteiger partial charge is 0.237 e. The molecule has 0 saturated carbocycles. The third kappa shape index (κ3) is 3.80. The van der Waals surface area contributed by atoms with E-state index < -0.39 is 0 Å². The first kappa shape index (κ1) is 14.0. The second kappa shape index (κ2) is 6.68. The molecule has 0 bridgehead atoms. The van der Waals surface area contributed by atoms with Crippen LogP contribution in [-0.2, 0) is 4.79 Å². The van der Waals surface area contributed by atoms with Crippen molar-refractivity contribution >= 4 is 23.4 Å². The van der Waals surface area contributed by atoms with E-state index in [1.807, 2.05) is 6.07 Å². The molecule has 1 N–H and O–H groups in total. The highest BCUT2D eigenvalue weighted by molar-refractivity contribution is 8.00. The monoisotopic (exact) mass is 284 g/mol. The fourth-order valence-corrected chi connectivity index (χ4v) is 2.16. The van der Waals surface area contributed by atoms with E-state index in [9.17, 15) is 4.79 Å². The number of carbonyl (C=O) groups is 1. The Balaban J connectivity index is 1.95. The summed E-state index contributed by atoms with van der Waals surface area (Å²) in [6.07, 6.45) is 3.28. The third-order valence-electron chi connectivity index (χ3n) is 2.48. The van der Waals surface area contributed by atoms with Gasteiger partial charge in [-0.15, -0.1) is 0 Å². The van der Waals surface area contributed by atoms with E-state index in [0.717, 1.165) is 0 Å². The Hall–Kier alpha value is -2.39. The minimum atomic E-state index is -0.312. The molecule has 0 spiro atoms. The number of aromatic nitrogens is 2. The van der Waals surface area contributed by atoms with Crippen LogP contribution in [0.3, 0.4) is 0 Å². The van der Waals surface area contributed by atoms with Crippen molar-refractivity contribution in [3.05, 3.63) is 48.3 Å². The lowest BCUT2D eigenvalue weighted by molar-refractivity contribution is -0.115. The molecule has 0 radical (unpaired) electrons. The van der Waals surface area contributed by atoms with E-state index in [0.29, 0.717) is 16.4 Å². The van der Waals surface area contributed by atoms with Crippen LogP contribution in [0.5, 0.6) is 0 Å². The SMILES string of the molecule is C[C@H](Sc1ncccn1)C(=O)Nc1ccc(C#N)cc1. The van der Waals surface area contributed by atoms with Crippen LogP contribution in [0.2, 0.25) is 0 Å². The maximum Gasteiger partial charge on any atom is 0.237 e. The van der Waals surface area contributed by atoms with E-state index in [1.54, 1.807) is 49.6 Å². The number of rotatable bonds is 4. The molecule has 2 aromatic rings. The molecule has 20 heavy (non-hydrogen) atoms. The zero-order valence-electron chi connectivity index (χ0n) is 10.8. The predicted molar refractivity (Wildman–Crippen MR) is 77.1 cm³/mol. The normalized spacial score (nSPS) is 11.4. The first-order valence-corrected chi connectivity index (χ1v) is 6.81. The van der Waals surface area contributed by atoms with Gasteiger partial charge >= 0.3 is 0 Å². The topological polar surface area (TPSA) is 78.7 Å². The Morgan fingerprint density at radius 1 is 1.30 bits per heavy atom. The van der Waals surface area contributed by atoms with Gasteiger partial charge in [-0.2, -0.15) is 5.26 Å². The van der Waals surface area contributed by atoms with Crippen LogP contribution in [0, 0.1) is 11.3 Å². The summed E-state index contributed by atoms with van der Waals surface area (Å²) in [4.78, 5) is 20.2. The van der Waals surface area contributed by atoms with Crippen LogP contribution < -0.4 is 5.32 Å². The van der Waals surface area contributed by atoms with Crippen molar-refractivity contribution in [1.29, 1.82) is 5.26 Å². The molecule has 0 unspecified atom stereocenters. The van der Waals surface area contributed by atoms with Crippen LogP contribution in [0.4, 0.5) is 5.69 Å². The average molecular weight is 284 g/mol. The van der Waals surface area contributed by atoms with Gasteiger partial charge in [-0.25, -0.2) is 9.97 Å². The lowest BCUT2D eigenvalue weighted by atomic mass is 10.2. The molecular weight excluding hydrogens is 272 g/mol. The number of amides is 1. The molecular formula is C14H12N4OS. The molecule has 2 rings (SSSR count). The lowest BCUT2D eigenvalue weighted by Gasteiger charge is -2.10. The number of nitriles is 1. The van der Waals surface area contributed by atoms with Crippen molar-refractivity contribution in [2.24, 2.45) is 0 Å². The van der Waals surface area contributed by atoms with Crippen molar-refractivity contribution in [1.82, 2.24) is 9.97 Å². The van der Waals surface area contributed by atoms with E-state index in [-0.39, 0.29) is 11.2 Å². The lowest BCUT2D eigenvalue weighted by Crippen LogP contribution is -2.22. The van der Waals surface area contributed by atoms with Crippen molar-refractivity contribution in [2.75, 3.05) is 5.32 Å². The van der Waals surface area contributed by atoms with E-state index in [2.05, 4.69) is 15.3 Å². The molecule has 0 aliphatic rings. The van der Waals surface area contributed by atoms with Crippen molar-refractivity contribution in [3.63, 3.8) is 0 Å². The molecule has 1 heterocycles. The zero-order valence-corrected chi connectivity index (χ0v) is 11.6. The number of hydrogen-bond acceptors (Lipinski definition) is 5. The molecule has 0 saturated heterocycles. The van der Waals surface area contributed by atoms with Gasteiger partial charge in [0.05, 0.1) is 16.9 Å². The molecule has 5 nitrogen and oxygen atoms in total. The van der Waals surface area contributed by atoms with Crippen molar-refractivity contribution < 1.29 is 4.79 Å². The predicted octanol–water partition coefficient (Wildman–Crippen LogP) is 2.47. The summed E-state index contributed by atoms with van der Waals surface area (Å²) in [5.41, 5.74) is 1.22. The largest absolute Gasteiger partial charge is 0.325 e. The van der Waals surface area contributed by atoms with Gasteiger partial charge in [-0.3, -0.25) is 4.79 Å². The Morgan fingerprint density at radius 2 is 1.95 bits per heavy atom. The standard InChI is InChI=1S/C14H12N4OS/c1-10(20-14-16-7-2-8-17-14)13(19)18-12-5-3-11(9-15)4-6-12/h2-8,10H,1H3,(H,18,19)/t10-/m0/s1. The molecule has 1 amide bonds. The number of anilines is 1. The number of hydrogen-bond donors (Lipinski definition) is 1. The second-order valence-corrected chi connectivity index (χ2v) is 5.28. The zero-order chi connectivity index (χ0) is 14.4. The van der Waals surface area contributed by atoms with Gasteiger partial charge in [0.2, 0.25) is 5.91 Å². The van der Waals surface area contributed by atoms with Crippen LogP contribution >= 0.6 is 11.8 Å². The molecule has 6 heteroatoms. The van der Waals surface area contributed by atoms with Crippen LogP contribution in [0.1, 0.15) is 12.5 Å². The van der Waals surface area contributed by atoms with Gasteiger partial charge in [-0.05, 0) is 37.3 Å². The fraction of sp³-hybridized carbons (Fsp3) is 0.143. The van der Waals surface area contributed by atoms with Crippen LogP contribution in [0.25, 0.3) is 0 Å². The van der Waals surface area contributed by atoms with E-state index >= 15 is 0 Å². The van der Waals surface area contributed by atoms with E-state index in [1.165, 1.54) is 11.8 Å². The average Bonchev–Trinajstić information content (AvgIpc) is 2.49. The number of nitrogens with one attached hydrogen (secondary N) is 1. The number of benzene rings is 1. The van der Waals surface area contributed by atoms with Gasteiger partial charge < -0.3 is 5.32 Å². The molecule has 100 valence electrons. The highest BCUT2D eigenvalue weighted by Gasteiger charge is 2.15. The van der Waals surface area contributed by atoms with Gasteiger partial charge in [0.1, 0.15) is 0 Å². The molecule has 1 atom stereocenters. The summed E-state index contributed by atoms with van der Waals surface area (Å²) in [5.74, 6) is -0.132. The van der Waals surface area contributed by atoms with Gasteiger partial charge in [0, 0.05) is 18.1 Å². The van der Waals surface area contributed by atoms with Gasteiger partial charge in [-0.1, -0.05) is 11.8 Å². The minimum Gasteiger partial charge on any atom is -0.325 e. The van der Waals surface area contributed by atoms with Gasteiger partial charge in [0.15, 0.2) is 5.16 Å². The summed E-state index contributed by atoms with van der Waals surface area (Å²) in [6.45, 7) is 1.79. The summed E-state index contributed by atoms with van der Waals surface area (Å²) < 4.78 is 0. The molecule has 0 aliphatic carbocycles. The minimum absolute atomic E-state index is 0.132. The Kier molecular flexibility index (Phi) is 4.69. The van der Waals surface area contributed by atoms with Crippen LogP contribution in [-0.4, -0.2) is 21.1 Å². The third-order valence-corrected chi connectivity index (χ3v) is 3.46. The number of carbonyl (C=O) groups excluding carboxylic acids is 1. The Labute approximate surface area is 121 Å². The molecule has 0 fully saturated rings. The first-order chi connectivity index (χ1) is 9.69. The Bertz CT molecular complexity index is 622. The summed E-state index contributed by atoms with van der Waals surface area (Å²) in [7, 11) is 0. The van der Waals surface area contributed by atoms with Crippen molar-refractivity contribution in [2.45, 2.75) is 17.3 Å². The number of nitrogens with zero attached hydrogens (tertiary/aromatic N) is 3. The Morgan fingerprint density at radius 3 is 2.55 bits per heavy atom. The fourth-order valence-electron chi connectivity index (χ4n) is 1.43. The summed E-state index contributed by atoms with van der Waals surface area (Å²) in [5, 5.41) is 11.7. The number of thioether (sulfide) groups is 1. The first-order valence-electron chi connectivity index (χ1n) is 5.94. The van der Waals surface area contributed by atoms with E-state index in [4.69, 9.17) is 5.26 Å². The van der Waals surface area contributed by atoms with Gasteiger partial charge in [0.25, 0.3) is 0 Å². The van der Waals surface area contributed by atoms with Crippen LogP contribution in [0.15, 0.2) is 47.9 Å². The highest BCUT2D eigenvalue weighted by atomic mass is 32.2. The maximum absolute atomic E-state index is 12.0. The molecule has 1 aromatic carbocycles. The summed E-state index contributed by atoms with van der Waals surface area (Å²) in [6, 6.07) is 10.5. The molecule has 1 aromatic heterocycles.